The van der Waals surface area contributed by atoms with Crippen molar-refractivity contribution in [2.75, 3.05) is 13.1 Å². The molecule has 10 heteroatoms. The number of amides is 3. The van der Waals surface area contributed by atoms with Gasteiger partial charge in [-0.1, -0.05) is 17.7 Å². The van der Waals surface area contributed by atoms with Crippen molar-refractivity contribution in [2.45, 2.75) is 32.9 Å². The molecule has 0 fully saturated rings. The first-order valence-corrected chi connectivity index (χ1v) is 12.1. The van der Waals surface area contributed by atoms with Crippen LogP contribution in [-0.4, -0.2) is 52.8 Å². The average Bonchev–Trinajstić information content (AvgIpc) is 3.41. The Balaban J connectivity index is 1.48. The minimum Gasteiger partial charge on any atom is -0.480 e. The van der Waals surface area contributed by atoms with Crippen molar-refractivity contribution in [3.05, 3.63) is 92.9 Å². The first-order chi connectivity index (χ1) is 17.7. The molecule has 0 saturated carbocycles. The van der Waals surface area contributed by atoms with Gasteiger partial charge in [0.25, 0.3) is 17.7 Å². The number of halogens is 1. The van der Waals surface area contributed by atoms with Gasteiger partial charge in [0.05, 0.1) is 6.26 Å². The zero-order valence-corrected chi connectivity index (χ0v) is 21.1. The number of carboxylic acids is 1. The van der Waals surface area contributed by atoms with Crippen LogP contribution in [0.15, 0.2) is 53.1 Å². The molecule has 1 aliphatic heterocycles. The van der Waals surface area contributed by atoms with Crippen LogP contribution >= 0.6 is 11.6 Å². The molecular formula is C27H26ClN3O6. The molecule has 3 amide bonds. The molecule has 2 aromatic carbocycles. The maximum absolute atomic E-state index is 13.2. The largest absolute Gasteiger partial charge is 0.480 e. The quantitative estimate of drug-likeness (QED) is 0.435. The highest BCUT2D eigenvalue weighted by atomic mass is 35.5. The fourth-order valence-corrected chi connectivity index (χ4v) is 4.67. The number of carbonyl (C=O) groups excluding carboxylic acids is 3. The fourth-order valence-electron chi connectivity index (χ4n) is 4.55. The number of rotatable bonds is 7. The van der Waals surface area contributed by atoms with Crippen LogP contribution < -0.4 is 10.6 Å². The van der Waals surface area contributed by atoms with Gasteiger partial charge < -0.3 is 25.1 Å². The van der Waals surface area contributed by atoms with Crippen molar-refractivity contribution in [2.24, 2.45) is 0 Å². The van der Waals surface area contributed by atoms with E-state index in [1.165, 1.54) is 12.3 Å². The van der Waals surface area contributed by atoms with E-state index < -0.39 is 23.8 Å². The molecule has 3 aromatic rings. The van der Waals surface area contributed by atoms with Gasteiger partial charge in [-0.25, -0.2) is 4.79 Å². The summed E-state index contributed by atoms with van der Waals surface area (Å²) in [5.74, 6) is -2.46. The third kappa shape index (κ3) is 5.67. The van der Waals surface area contributed by atoms with E-state index in [0.29, 0.717) is 41.2 Å². The number of benzene rings is 2. The molecule has 1 atom stereocenters. The van der Waals surface area contributed by atoms with Gasteiger partial charge in [0.2, 0.25) is 0 Å². The maximum Gasteiger partial charge on any atom is 0.328 e. The van der Waals surface area contributed by atoms with Crippen LogP contribution in [0, 0.1) is 13.8 Å². The Morgan fingerprint density at radius 1 is 1.11 bits per heavy atom. The van der Waals surface area contributed by atoms with Crippen molar-refractivity contribution < 1.29 is 28.7 Å². The average molecular weight is 524 g/mol. The Morgan fingerprint density at radius 3 is 2.49 bits per heavy atom. The highest BCUT2D eigenvalue weighted by molar-refractivity contribution is 6.30. The fraction of sp³-hybridized carbons (Fsp3) is 0.259. The molecule has 0 radical (unpaired) electrons. The summed E-state index contributed by atoms with van der Waals surface area (Å²) in [7, 11) is 0. The van der Waals surface area contributed by atoms with E-state index in [0.717, 1.165) is 16.7 Å². The normalized spacial score (nSPS) is 13.4. The van der Waals surface area contributed by atoms with Crippen LogP contribution in [0.25, 0.3) is 0 Å². The van der Waals surface area contributed by atoms with Crippen LogP contribution in [0.1, 0.15) is 53.5 Å². The molecule has 3 N–H and O–H groups in total. The predicted molar refractivity (Wildman–Crippen MR) is 136 cm³/mol. The minimum atomic E-state index is -1.34. The molecule has 0 unspecified atom stereocenters. The Hall–Kier alpha value is -4.11. The smallest absolute Gasteiger partial charge is 0.328 e. The zero-order chi connectivity index (χ0) is 26.7. The minimum absolute atomic E-state index is 0.0421. The number of aryl methyl sites for hydroxylation is 1. The van der Waals surface area contributed by atoms with Crippen LogP contribution in [0.3, 0.4) is 0 Å². The van der Waals surface area contributed by atoms with Gasteiger partial charge in [0.1, 0.15) is 6.04 Å². The summed E-state index contributed by atoms with van der Waals surface area (Å²) in [6.07, 6.45) is 1.89. The number of furan rings is 1. The molecule has 2 heterocycles. The number of hydrogen-bond donors (Lipinski definition) is 3. The number of nitrogens with one attached hydrogen (secondary N) is 2. The predicted octanol–water partition coefficient (Wildman–Crippen LogP) is 3.36. The van der Waals surface area contributed by atoms with Gasteiger partial charge in [-0.15, -0.1) is 0 Å². The molecule has 37 heavy (non-hydrogen) atoms. The summed E-state index contributed by atoms with van der Waals surface area (Å²) in [5, 5.41) is 15.1. The molecule has 1 aliphatic rings. The summed E-state index contributed by atoms with van der Waals surface area (Å²) < 4.78 is 5.00. The molecule has 192 valence electrons. The standard InChI is InChI=1S/C27H26ClN3O6/c1-15-12-18-14-31(26(34)17-5-7-19(28)8-6-17)10-9-20(18)16(2)23(15)25(33)30-21(27(35)36)13-29-24(32)22-4-3-11-37-22/h3-8,11-12,21H,9-10,13-14H2,1-2H3,(H,29,32)(H,30,33)(H,35,36)/t21-/m0/s1. The van der Waals surface area contributed by atoms with Gasteiger partial charge in [-0.3, -0.25) is 14.4 Å². The number of carbonyl (C=O) groups is 4. The van der Waals surface area contributed by atoms with E-state index >= 15 is 0 Å². The lowest BCUT2D eigenvalue weighted by Crippen LogP contribution is -2.48. The highest BCUT2D eigenvalue weighted by Gasteiger charge is 2.28. The Kier molecular flexibility index (Phi) is 7.63. The summed E-state index contributed by atoms with van der Waals surface area (Å²) in [6, 6.07) is 10.3. The molecule has 9 nitrogen and oxygen atoms in total. The van der Waals surface area contributed by atoms with Gasteiger partial charge >= 0.3 is 5.97 Å². The van der Waals surface area contributed by atoms with Crippen LogP contribution in [0.4, 0.5) is 0 Å². The lowest BCUT2D eigenvalue weighted by molar-refractivity contribution is -0.139. The van der Waals surface area contributed by atoms with Crippen molar-refractivity contribution >= 4 is 35.3 Å². The molecule has 0 bridgehead atoms. The van der Waals surface area contributed by atoms with E-state index in [-0.39, 0.29) is 18.2 Å². The highest BCUT2D eigenvalue weighted by Crippen LogP contribution is 2.29. The molecule has 0 saturated heterocycles. The maximum atomic E-state index is 13.2. The molecule has 4 rings (SSSR count). The van der Waals surface area contributed by atoms with Gasteiger partial charge in [-0.05, 0) is 78.9 Å². The lowest BCUT2D eigenvalue weighted by Gasteiger charge is -2.31. The van der Waals surface area contributed by atoms with Crippen molar-refractivity contribution in [3.8, 4) is 0 Å². The Morgan fingerprint density at radius 2 is 1.84 bits per heavy atom. The summed E-state index contributed by atoms with van der Waals surface area (Å²) in [6.45, 7) is 4.17. The second kappa shape index (κ2) is 10.9. The first-order valence-electron chi connectivity index (χ1n) is 11.7. The zero-order valence-electron chi connectivity index (χ0n) is 20.3. The number of hydrogen-bond acceptors (Lipinski definition) is 5. The van der Waals surface area contributed by atoms with E-state index in [2.05, 4.69) is 10.6 Å². The van der Waals surface area contributed by atoms with Crippen LogP contribution in [0.5, 0.6) is 0 Å². The van der Waals surface area contributed by atoms with Crippen molar-refractivity contribution in [1.82, 2.24) is 15.5 Å². The van der Waals surface area contributed by atoms with E-state index in [1.807, 2.05) is 13.0 Å². The Labute approximate surface area is 218 Å². The molecule has 0 aliphatic carbocycles. The number of fused-ring (bicyclic) bond motifs is 1. The van der Waals surface area contributed by atoms with Crippen LogP contribution in [0.2, 0.25) is 5.02 Å². The van der Waals surface area contributed by atoms with Crippen LogP contribution in [-0.2, 0) is 17.8 Å². The van der Waals surface area contributed by atoms with E-state index in [4.69, 9.17) is 16.0 Å². The number of aliphatic carboxylic acids is 1. The number of carboxylic acid groups (broad SMARTS) is 1. The SMILES string of the molecule is Cc1cc2c(c(C)c1C(=O)N[C@@H](CNC(=O)c1ccco1)C(=O)O)CCN(C(=O)c1ccc(Cl)cc1)C2. The monoisotopic (exact) mass is 523 g/mol. The summed E-state index contributed by atoms with van der Waals surface area (Å²) in [4.78, 5) is 51.7. The van der Waals surface area contributed by atoms with Gasteiger partial charge in [0.15, 0.2) is 5.76 Å². The van der Waals surface area contributed by atoms with E-state index in [1.54, 1.807) is 42.2 Å². The third-order valence-electron chi connectivity index (χ3n) is 6.41. The topological polar surface area (TPSA) is 129 Å². The second-order valence-electron chi connectivity index (χ2n) is 8.87. The molecular weight excluding hydrogens is 498 g/mol. The Bertz CT molecular complexity index is 1350. The first kappa shape index (κ1) is 26.0. The van der Waals surface area contributed by atoms with Crippen molar-refractivity contribution in [3.63, 3.8) is 0 Å². The summed E-state index contributed by atoms with van der Waals surface area (Å²) >= 11 is 5.93. The second-order valence-corrected chi connectivity index (χ2v) is 9.30. The summed E-state index contributed by atoms with van der Waals surface area (Å²) in [5.41, 5.74) is 4.26. The van der Waals surface area contributed by atoms with Crippen molar-refractivity contribution in [1.29, 1.82) is 0 Å². The van der Waals surface area contributed by atoms with E-state index in [9.17, 15) is 24.3 Å². The molecule has 1 aromatic heterocycles. The molecule has 0 spiro atoms. The number of nitrogens with zero attached hydrogens (tertiary/aromatic N) is 1. The third-order valence-corrected chi connectivity index (χ3v) is 6.67. The lowest BCUT2D eigenvalue weighted by atomic mass is 9.88. The van der Waals surface area contributed by atoms with Gasteiger partial charge in [-0.2, -0.15) is 0 Å². The van der Waals surface area contributed by atoms with Gasteiger partial charge in [0, 0.05) is 35.8 Å².